The lowest BCUT2D eigenvalue weighted by molar-refractivity contribution is 0.163. The molecule has 0 aliphatic carbocycles. The highest BCUT2D eigenvalue weighted by atomic mass is 35.5. The smallest absolute Gasteiger partial charge is 0.226 e. The molecule has 1 atom stereocenters. The molecule has 1 N–H and O–H groups in total. The van der Waals surface area contributed by atoms with Crippen LogP contribution in [0, 0.1) is 20.8 Å². The van der Waals surface area contributed by atoms with Crippen molar-refractivity contribution in [1.29, 1.82) is 0 Å². The van der Waals surface area contributed by atoms with Crippen LogP contribution < -0.4 is 10.1 Å². The summed E-state index contributed by atoms with van der Waals surface area (Å²) < 4.78 is 11.4. The molecule has 1 saturated heterocycles. The van der Waals surface area contributed by atoms with Gasteiger partial charge in [0.25, 0.3) is 0 Å². The number of rotatable bonds is 4. The topological polar surface area (TPSA) is 50.5 Å². The maximum Gasteiger partial charge on any atom is 0.226 e. The van der Waals surface area contributed by atoms with Crippen molar-refractivity contribution >= 4 is 12.4 Å². The number of benzene rings is 1. The fraction of sp³-hybridized carbons (Fsp3) is 0.526. The zero-order valence-electron chi connectivity index (χ0n) is 15.7. The van der Waals surface area contributed by atoms with Gasteiger partial charge in [-0.2, -0.15) is 0 Å². The third kappa shape index (κ3) is 4.00. The van der Waals surface area contributed by atoms with Crippen LogP contribution in [0.1, 0.15) is 29.5 Å². The first-order valence-electron chi connectivity index (χ1n) is 8.57. The maximum atomic E-state index is 5.99. The third-order valence-corrected chi connectivity index (χ3v) is 5.07. The van der Waals surface area contributed by atoms with E-state index >= 15 is 0 Å². The fourth-order valence-corrected chi connectivity index (χ4v) is 3.25. The van der Waals surface area contributed by atoms with Gasteiger partial charge in [0, 0.05) is 37.8 Å². The first-order chi connectivity index (χ1) is 11.5. The number of aryl methyl sites for hydroxylation is 1. The molecule has 138 valence electrons. The van der Waals surface area contributed by atoms with Crippen molar-refractivity contribution in [2.45, 2.75) is 40.3 Å². The van der Waals surface area contributed by atoms with E-state index in [0.29, 0.717) is 11.9 Å². The molecule has 1 aromatic heterocycles. The number of oxazole rings is 1. The molecule has 6 heteroatoms. The van der Waals surface area contributed by atoms with Crippen LogP contribution in [-0.2, 0) is 6.54 Å². The van der Waals surface area contributed by atoms with Crippen molar-refractivity contribution in [3.63, 3.8) is 0 Å². The van der Waals surface area contributed by atoms with Gasteiger partial charge in [-0.25, -0.2) is 4.98 Å². The molecule has 5 nitrogen and oxygen atoms in total. The average Bonchev–Trinajstić information content (AvgIpc) is 2.93. The Kier molecular flexibility index (Phi) is 6.49. The van der Waals surface area contributed by atoms with E-state index in [1.165, 1.54) is 0 Å². The van der Waals surface area contributed by atoms with E-state index in [1.54, 1.807) is 7.11 Å². The Hall–Kier alpha value is -1.56. The second kappa shape index (κ2) is 8.21. The normalized spacial score (nSPS) is 18.0. The van der Waals surface area contributed by atoms with Gasteiger partial charge in [-0.15, -0.1) is 12.4 Å². The van der Waals surface area contributed by atoms with Gasteiger partial charge >= 0.3 is 0 Å². The molecule has 25 heavy (non-hydrogen) atoms. The van der Waals surface area contributed by atoms with Crippen LogP contribution in [0.2, 0.25) is 0 Å². The monoisotopic (exact) mass is 365 g/mol. The first kappa shape index (κ1) is 19.8. The summed E-state index contributed by atoms with van der Waals surface area (Å²) >= 11 is 0. The van der Waals surface area contributed by atoms with E-state index in [-0.39, 0.29) is 12.4 Å². The van der Waals surface area contributed by atoms with Crippen molar-refractivity contribution in [2.75, 3.05) is 26.7 Å². The van der Waals surface area contributed by atoms with E-state index in [2.05, 4.69) is 31.0 Å². The summed E-state index contributed by atoms with van der Waals surface area (Å²) in [6, 6.07) is 4.53. The molecule has 0 spiro atoms. The maximum absolute atomic E-state index is 5.99. The Bertz CT molecular complexity index is 730. The Morgan fingerprint density at radius 1 is 1.28 bits per heavy atom. The SMILES string of the molecule is COc1ccc(-c2nc(CN3CCNCC3C)c(C)o2)c(C)c1C.Cl. The minimum atomic E-state index is 0. The summed E-state index contributed by atoms with van der Waals surface area (Å²) in [5.41, 5.74) is 4.35. The number of hydrogen-bond acceptors (Lipinski definition) is 5. The molecule has 1 aromatic carbocycles. The summed E-state index contributed by atoms with van der Waals surface area (Å²) in [6.45, 7) is 12.4. The van der Waals surface area contributed by atoms with Crippen molar-refractivity contribution in [2.24, 2.45) is 0 Å². The van der Waals surface area contributed by atoms with Gasteiger partial charge < -0.3 is 14.5 Å². The van der Waals surface area contributed by atoms with Crippen molar-refractivity contribution in [3.8, 4) is 17.2 Å². The predicted molar refractivity (Wildman–Crippen MR) is 103 cm³/mol. The molecule has 0 bridgehead atoms. The van der Waals surface area contributed by atoms with Gasteiger partial charge in [0.15, 0.2) is 0 Å². The highest BCUT2D eigenvalue weighted by molar-refractivity contribution is 5.85. The molecule has 3 rings (SSSR count). The van der Waals surface area contributed by atoms with Crippen LogP contribution in [-0.4, -0.2) is 42.7 Å². The van der Waals surface area contributed by atoms with Crippen molar-refractivity contribution in [1.82, 2.24) is 15.2 Å². The summed E-state index contributed by atoms with van der Waals surface area (Å²) in [7, 11) is 1.70. The molecule has 1 unspecified atom stereocenters. The second-order valence-electron chi connectivity index (χ2n) is 6.61. The van der Waals surface area contributed by atoms with Gasteiger partial charge in [0.05, 0.1) is 12.8 Å². The van der Waals surface area contributed by atoms with Gasteiger partial charge in [0.2, 0.25) is 5.89 Å². The largest absolute Gasteiger partial charge is 0.496 e. The van der Waals surface area contributed by atoms with E-state index in [4.69, 9.17) is 14.1 Å². The zero-order chi connectivity index (χ0) is 17.3. The molecule has 1 aliphatic heterocycles. The summed E-state index contributed by atoms with van der Waals surface area (Å²) in [4.78, 5) is 7.25. The van der Waals surface area contributed by atoms with E-state index in [0.717, 1.165) is 60.1 Å². The van der Waals surface area contributed by atoms with Gasteiger partial charge in [-0.05, 0) is 51.0 Å². The third-order valence-electron chi connectivity index (χ3n) is 5.07. The minimum Gasteiger partial charge on any atom is -0.496 e. The summed E-state index contributed by atoms with van der Waals surface area (Å²) in [5, 5.41) is 3.42. The van der Waals surface area contributed by atoms with Crippen molar-refractivity contribution < 1.29 is 9.15 Å². The van der Waals surface area contributed by atoms with Gasteiger partial charge in [-0.1, -0.05) is 0 Å². The van der Waals surface area contributed by atoms with Crippen LogP contribution in [0.4, 0.5) is 0 Å². The molecule has 0 radical (unpaired) electrons. The predicted octanol–water partition coefficient (Wildman–Crippen LogP) is 3.49. The Balaban J connectivity index is 0.00000225. The molecule has 2 aromatic rings. The van der Waals surface area contributed by atoms with Crippen LogP contribution in [0.3, 0.4) is 0 Å². The van der Waals surface area contributed by atoms with Crippen LogP contribution in [0.25, 0.3) is 11.5 Å². The summed E-state index contributed by atoms with van der Waals surface area (Å²) in [6.07, 6.45) is 0. The molecule has 0 saturated carbocycles. The van der Waals surface area contributed by atoms with Crippen molar-refractivity contribution in [3.05, 3.63) is 34.7 Å². The lowest BCUT2D eigenvalue weighted by Gasteiger charge is -2.33. The molecule has 1 aliphatic rings. The molecule has 1 fully saturated rings. The standard InChI is InChI=1S/C19H27N3O2.ClH/c1-12-10-20-8-9-22(12)11-17-15(4)24-19(21-17)16-6-7-18(23-5)14(3)13(16)2;/h6-7,12,20H,8-11H2,1-5H3;1H. The number of piperazine rings is 1. The zero-order valence-corrected chi connectivity index (χ0v) is 16.5. The lowest BCUT2D eigenvalue weighted by atomic mass is 10.0. The lowest BCUT2D eigenvalue weighted by Crippen LogP contribution is -2.49. The van der Waals surface area contributed by atoms with E-state index in [9.17, 15) is 0 Å². The quantitative estimate of drug-likeness (QED) is 0.898. The number of aromatic nitrogens is 1. The molecule has 0 amide bonds. The van der Waals surface area contributed by atoms with Gasteiger partial charge in [0.1, 0.15) is 11.5 Å². The highest BCUT2D eigenvalue weighted by Gasteiger charge is 2.22. The second-order valence-corrected chi connectivity index (χ2v) is 6.61. The van der Waals surface area contributed by atoms with Gasteiger partial charge in [-0.3, -0.25) is 4.90 Å². The van der Waals surface area contributed by atoms with E-state index < -0.39 is 0 Å². The van der Waals surface area contributed by atoms with Crippen LogP contribution in [0.5, 0.6) is 5.75 Å². The Labute approximate surface area is 156 Å². The van der Waals surface area contributed by atoms with E-state index in [1.807, 2.05) is 19.1 Å². The Morgan fingerprint density at radius 2 is 2.04 bits per heavy atom. The number of halogens is 1. The number of hydrogen-bond donors (Lipinski definition) is 1. The minimum absolute atomic E-state index is 0. The number of ether oxygens (including phenoxy) is 1. The summed E-state index contributed by atoms with van der Waals surface area (Å²) in [5.74, 6) is 2.51. The fourth-order valence-electron chi connectivity index (χ4n) is 3.25. The average molecular weight is 366 g/mol. The molecule has 2 heterocycles. The molecular formula is C19H28ClN3O2. The Morgan fingerprint density at radius 3 is 2.72 bits per heavy atom. The number of methoxy groups -OCH3 is 1. The first-order valence-corrected chi connectivity index (χ1v) is 8.57. The van der Waals surface area contributed by atoms with Crippen LogP contribution >= 0.6 is 12.4 Å². The molecular weight excluding hydrogens is 338 g/mol. The van der Waals surface area contributed by atoms with Crippen LogP contribution in [0.15, 0.2) is 16.5 Å². The highest BCUT2D eigenvalue weighted by Crippen LogP contribution is 2.31. The number of nitrogens with zero attached hydrogens (tertiary/aromatic N) is 2. The number of nitrogens with one attached hydrogen (secondary N) is 1.